The topological polar surface area (TPSA) is 84.1 Å². The summed E-state index contributed by atoms with van der Waals surface area (Å²) in [6.45, 7) is 3.59. The average molecular weight is 275 g/mol. The number of H-pyrrole nitrogens is 1. The van der Waals surface area contributed by atoms with Crippen molar-refractivity contribution in [3.05, 3.63) is 34.9 Å². The molecule has 0 saturated heterocycles. The van der Waals surface area contributed by atoms with Crippen LogP contribution in [0, 0.1) is 0 Å². The SMILES string of the molecule is CCC(C)(OC)C(=O)Nc1ccc2nc[nH]c(=O)c2c1. The smallest absolute Gasteiger partial charge is 0.258 e. The lowest BCUT2D eigenvalue weighted by atomic mass is 10.0. The summed E-state index contributed by atoms with van der Waals surface area (Å²) in [5, 5.41) is 3.19. The molecule has 6 heteroatoms. The fraction of sp³-hybridized carbons (Fsp3) is 0.357. The highest BCUT2D eigenvalue weighted by atomic mass is 16.5. The quantitative estimate of drug-likeness (QED) is 0.889. The Labute approximate surface area is 116 Å². The Morgan fingerprint density at radius 2 is 2.25 bits per heavy atom. The third-order valence-corrected chi connectivity index (χ3v) is 3.50. The Morgan fingerprint density at radius 1 is 1.50 bits per heavy atom. The van der Waals surface area contributed by atoms with Gasteiger partial charge in [-0.05, 0) is 31.5 Å². The van der Waals surface area contributed by atoms with Crippen LogP contribution in [-0.2, 0) is 9.53 Å². The van der Waals surface area contributed by atoms with Crippen LogP contribution in [0.2, 0.25) is 0 Å². The predicted molar refractivity (Wildman–Crippen MR) is 76.7 cm³/mol. The van der Waals surface area contributed by atoms with Gasteiger partial charge < -0.3 is 15.0 Å². The molecule has 1 aromatic heterocycles. The Bertz CT molecular complexity index is 689. The number of rotatable bonds is 4. The molecular formula is C14H17N3O3. The molecule has 1 amide bonds. The second kappa shape index (κ2) is 5.42. The lowest BCUT2D eigenvalue weighted by molar-refractivity contribution is -0.136. The number of methoxy groups -OCH3 is 1. The number of nitrogens with one attached hydrogen (secondary N) is 2. The van der Waals surface area contributed by atoms with Crippen molar-refractivity contribution < 1.29 is 9.53 Å². The average Bonchev–Trinajstić information content (AvgIpc) is 2.47. The van der Waals surface area contributed by atoms with Gasteiger partial charge in [0, 0.05) is 12.8 Å². The summed E-state index contributed by atoms with van der Waals surface area (Å²) in [5.41, 5.74) is -0.0124. The second-order valence-electron chi connectivity index (χ2n) is 4.71. The molecule has 2 rings (SSSR count). The van der Waals surface area contributed by atoms with Crippen LogP contribution in [0.3, 0.4) is 0 Å². The molecule has 106 valence electrons. The van der Waals surface area contributed by atoms with Gasteiger partial charge in [0.15, 0.2) is 0 Å². The first-order valence-corrected chi connectivity index (χ1v) is 6.34. The van der Waals surface area contributed by atoms with Crippen LogP contribution in [0.5, 0.6) is 0 Å². The molecule has 0 bridgehead atoms. The molecule has 20 heavy (non-hydrogen) atoms. The summed E-state index contributed by atoms with van der Waals surface area (Å²) in [6.07, 6.45) is 1.90. The molecule has 0 saturated carbocycles. The predicted octanol–water partition coefficient (Wildman–Crippen LogP) is 1.68. The normalized spacial score (nSPS) is 13.9. The number of nitrogens with zero attached hydrogens (tertiary/aromatic N) is 1. The van der Waals surface area contributed by atoms with Crippen molar-refractivity contribution in [2.24, 2.45) is 0 Å². The van der Waals surface area contributed by atoms with Crippen LogP contribution < -0.4 is 10.9 Å². The van der Waals surface area contributed by atoms with Gasteiger partial charge in [-0.2, -0.15) is 0 Å². The zero-order valence-electron chi connectivity index (χ0n) is 11.7. The molecule has 2 aromatic rings. The Balaban J connectivity index is 2.33. The van der Waals surface area contributed by atoms with E-state index in [1.54, 1.807) is 25.1 Å². The van der Waals surface area contributed by atoms with E-state index < -0.39 is 5.60 Å². The van der Waals surface area contributed by atoms with Gasteiger partial charge in [-0.1, -0.05) is 6.92 Å². The molecule has 0 aliphatic heterocycles. The van der Waals surface area contributed by atoms with Crippen LogP contribution in [0.15, 0.2) is 29.3 Å². The van der Waals surface area contributed by atoms with Crippen molar-refractivity contribution in [3.63, 3.8) is 0 Å². The summed E-state index contributed by atoms with van der Waals surface area (Å²) < 4.78 is 5.24. The summed E-state index contributed by atoms with van der Waals surface area (Å²) >= 11 is 0. The maximum absolute atomic E-state index is 12.2. The van der Waals surface area contributed by atoms with Gasteiger partial charge in [0.05, 0.1) is 17.2 Å². The molecule has 1 aromatic carbocycles. The van der Waals surface area contributed by atoms with E-state index in [0.717, 1.165) is 0 Å². The van der Waals surface area contributed by atoms with Crippen LogP contribution >= 0.6 is 0 Å². The first-order chi connectivity index (χ1) is 9.50. The number of ether oxygens (including phenoxy) is 1. The largest absolute Gasteiger partial charge is 0.369 e. The maximum Gasteiger partial charge on any atom is 0.258 e. The van der Waals surface area contributed by atoms with Gasteiger partial charge in [0.25, 0.3) is 11.5 Å². The van der Waals surface area contributed by atoms with E-state index in [4.69, 9.17) is 4.74 Å². The number of benzene rings is 1. The number of carbonyl (C=O) groups excluding carboxylic acids is 1. The third-order valence-electron chi connectivity index (χ3n) is 3.50. The van der Waals surface area contributed by atoms with Crippen LogP contribution in [0.25, 0.3) is 10.9 Å². The van der Waals surface area contributed by atoms with E-state index >= 15 is 0 Å². The van der Waals surface area contributed by atoms with E-state index in [1.165, 1.54) is 13.4 Å². The second-order valence-corrected chi connectivity index (χ2v) is 4.71. The van der Waals surface area contributed by atoms with Crippen molar-refractivity contribution in [2.45, 2.75) is 25.9 Å². The highest BCUT2D eigenvalue weighted by Gasteiger charge is 2.30. The molecule has 6 nitrogen and oxygen atoms in total. The van der Waals surface area contributed by atoms with Crippen molar-refractivity contribution in [1.82, 2.24) is 9.97 Å². The minimum Gasteiger partial charge on any atom is -0.369 e. The molecule has 0 fully saturated rings. The highest BCUT2D eigenvalue weighted by Crippen LogP contribution is 2.19. The van der Waals surface area contributed by atoms with Gasteiger partial charge in [0.1, 0.15) is 5.60 Å². The van der Waals surface area contributed by atoms with E-state index in [0.29, 0.717) is 23.0 Å². The summed E-state index contributed by atoms with van der Waals surface area (Å²) in [6, 6.07) is 5.00. The Kier molecular flexibility index (Phi) is 3.85. The monoisotopic (exact) mass is 275 g/mol. The summed E-state index contributed by atoms with van der Waals surface area (Å²) in [5.74, 6) is -0.248. The third kappa shape index (κ3) is 2.55. The molecule has 1 atom stereocenters. The maximum atomic E-state index is 12.2. The summed E-state index contributed by atoms with van der Waals surface area (Å²) in [4.78, 5) is 30.4. The van der Waals surface area contributed by atoms with Gasteiger partial charge in [-0.15, -0.1) is 0 Å². The van der Waals surface area contributed by atoms with Crippen molar-refractivity contribution in [2.75, 3.05) is 12.4 Å². The van der Waals surface area contributed by atoms with Crippen LogP contribution in [0.4, 0.5) is 5.69 Å². The molecule has 1 heterocycles. The van der Waals surface area contributed by atoms with Gasteiger partial charge in [0.2, 0.25) is 0 Å². The lowest BCUT2D eigenvalue weighted by Crippen LogP contribution is -2.41. The minimum atomic E-state index is -0.893. The standard InChI is InChI=1S/C14H17N3O3/c1-4-14(2,20-3)13(19)17-9-5-6-11-10(7-9)12(18)16-8-15-11/h5-8H,4H2,1-3H3,(H,17,19)(H,15,16,18). The first-order valence-electron chi connectivity index (χ1n) is 6.34. The summed E-state index contributed by atoms with van der Waals surface area (Å²) in [7, 11) is 1.50. The van der Waals surface area contributed by atoms with Crippen molar-refractivity contribution in [3.8, 4) is 0 Å². The molecule has 0 spiro atoms. The molecule has 0 aliphatic rings. The fourth-order valence-corrected chi connectivity index (χ4v) is 1.81. The van der Waals surface area contributed by atoms with Gasteiger partial charge >= 0.3 is 0 Å². The van der Waals surface area contributed by atoms with Gasteiger partial charge in [-0.25, -0.2) is 4.98 Å². The number of aromatic amines is 1. The van der Waals surface area contributed by atoms with Crippen molar-refractivity contribution >= 4 is 22.5 Å². The zero-order chi connectivity index (χ0) is 14.8. The van der Waals surface area contributed by atoms with Crippen LogP contribution in [-0.4, -0.2) is 28.6 Å². The number of fused-ring (bicyclic) bond motifs is 1. The number of aromatic nitrogens is 2. The fourth-order valence-electron chi connectivity index (χ4n) is 1.81. The van der Waals surface area contributed by atoms with E-state index in [-0.39, 0.29) is 11.5 Å². The highest BCUT2D eigenvalue weighted by molar-refractivity contribution is 5.98. The van der Waals surface area contributed by atoms with E-state index in [2.05, 4.69) is 15.3 Å². The molecule has 2 N–H and O–H groups in total. The zero-order valence-corrected chi connectivity index (χ0v) is 11.7. The Morgan fingerprint density at radius 3 is 2.90 bits per heavy atom. The van der Waals surface area contributed by atoms with E-state index in [9.17, 15) is 9.59 Å². The van der Waals surface area contributed by atoms with Gasteiger partial charge in [-0.3, -0.25) is 9.59 Å². The number of anilines is 1. The number of hydrogen-bond donors (Lipinski definition) is 2. The number of amides is 1. The molecular weight excluding hydrogens is 258 g/mol. The first kappa shape index (κ1) is 14.2. The Hall–Kier alpha value is -2.21. The van der Waals surface area contributed by atoms with E-state index in [1.807, 2.05) is 6.92 Å². The van der Waals surface area contributed by atoms with Crippen molar-refractivity contribution in [1.29, 1.82) is 0 Å². The number of carbonyl (C=O) groups is 1. The number of hydrogen-bond acceptors (Lipinski definition) is 4. The minimum absolute atomic E-state index is 0.240. The molecule has 0 aliphatic carbocycles. The molecule has 0 radical (unpaired) electrons. The van der Waals surface area contributed by atoms with Crippen LogP contribution in [0.1, 0.15) is 20.3 Å². The lowest BCUT2D eigenvalue weighted by Gasteiger charge is -2.25. The molecule has 1 unspecified atom stereocenters.